The summed E-state index contributed by atoms with van der Waals surface area (Å²) in [6.07, 6.45) is 13.4. The molecule has 2 aromatic rings. The number of hydrogen-bond donors (Lipinski definition) is 3. The smallest absolute Gasteiger partial charge is 0.239 e. The van der Waals surface area contributed by atoms with E-state index in [-0.39, 0.29) is 24.2 Å². The zero-order valence-corrected chi connectivity index (χ0v) is 32.2. The average Bonchev–Trinajstić information content (AvgIpc) is 3.93. The fourth-order valence-electron chi connectivity index (χ4n) is 4.66. The van der Waals surface area contributed by atoms with Crippen LogP contribution in [-0.2, 0) is 22.4 Å². The molecule has 2 amide bonds. The molecule has 0 saturated heterocycles. The minimum Gasteiger partial charge on any atom is -0.355 e. The van der Waals surface area contributed by atoms with Crippen LogP contribution < -0.4 is 16.0 Å². The number of halogens is 1. The molecule has 2 unspecified atom stereocenters. The summed E-state index contributed by atoms with van der Waals surface area (Å²) >= 11 is 0. The number of carbonyl (C=O) groups is 2. The SMILES string of the molecule is CC/C=C(\C)C(NC(C)CC)C1CC1.CCC(C)C.CCCc1ccccc1CCCNC(=O)CNC(=O)CC.Cc1ccc(F)cc1. The molecule has 0 aromatic heterocycles. The number of nitrogens with one attached hydrogen (secondary N) is 3. The van der Waals surface area contributed by atoms with Crippen molar-refractivity contribution < 1.29 is 14.0 Å². The highest BCUT2D eigenvalue weighted by Crippen LogP contribution is 2.36. The van der Waals surface area contributed by atoms with Gasteiger partial charge in [0.05, 0.1) is 6.54 Å². The van der Waals surface area contributed by atoms with E-state index in [0.717, 1.165) is 49.5 Å². The molecule has 3 N–H and O–H groups in total. The monoisotopic (exact) mass is 668 g/mol. The third-order valence-electron chi connectivity index (χ3n) is 8.36. The van der Waals surface area contributed by atoms with Crippen LogP contribution in [0.25, 0.3) is 0 Å². The van der Waals surface area contributed by atoms with Crippen LogP contribution in [0.1, 0.15) is 130 Å². The number of hydrogen-bond acceptors (Lipinski definition) is 3. The number of amides is 2. The van der Waals surface area contributed by atoms with Gasteiger partial charge in [-0.3, -0.25) is 9.59 Å². The molecular weight excluding hydrogens is 597 g/mol. The van der Waals surface area contributed by atoms with E-state index in [1.165, 1.54) is 48.9 Å². The van der Waals surface area contributed by atoms with E-state index in [1.54, 1.807) is 24.6 Å². The van der Waals surface area contributed by atoms with Gasteiger partial charge in [-0.2, -0.15) is 0 Å². The van der Waals surface area contributed by atoms with Gasteiger partial charge in [0.25, 0.3) is 0 Å². The van der Waals surface area contributed by atoms with Crippen molar-refractivity contribution in [1.29, 1.82) is 0 Å². The van der Waals surface area contributed by atoms with Gasteiger partial charge in [0.2, 0.25) is 11.8 Å². The number of benzene rings is 2. The molecule has 1 saturated carbocycles. The molecule has 1 fully saturated rings. The van der Waals surface area contributed by atoms with Crippen molar-refractivity contribution >= 4 is 11.8 Å². The maximum Gasteiger partial charge on any atom is 0.239 e. The van der Waals surface area contributed by atoms with E-state index >= 15 is 0 Å². The summed E-state index contributed by atoms with van der Waals surface area (Å²) in [6, 6.07) is 16.2. The van der Waals surface area contributed by atoms with Gasteiger partial charge in [0.1, 0.15) is 5.82 Å². The highest BCUT2D eigenvalue weighted by molar-refractivity contribution is 5.84. The summed E-state index contributed by atoms with van der Waals surface area (Å²) in [5.74, 6) is 1.41. The van der Waals surface area contributed by atoms with Gasteiger partial charge in [-0.05, 0) is 101 Å². The molecule has 0 radical (unpaired) electrons. The topological polar surface area (TPSA) is 70.2 Å². The van der Waals surface area contributed by atoms with E-state index in [9.17, 15) is 14.0 Å². The third-order valence-corrected chi connectivity index (χ3v) is 8.36. The van der Waals surface area contributed by atoms with Crippen molar-refractivity contribution in [3.63, 3.8) is 0 Å². The molecule has 6 heteroatoms. The second kappa shape index (κ2) is 27.9. The first-order valence-electron chi connectivity index (χ1n) is 18.7. The Hall–Kier alpha value is -2.99. The predicted molar refractivity (Wildman–Crippen MR) is 205 cm³/mol. The van der Waals surface area contributed by atoms with E-state index in [1.807, 2.05) is 6.92 Å². The zero-order chi connectivity index (χ0) is 36.3. The summed E-state index contributed by atoms with van der Waals surface area (Å²) in [5.41, 5.74) is 5.41. The number of rotatable bonds is 16. The van der Waals surface area contributed by atoms with Crippen LogP contribution in [0.4, 0.5) is 4.39 Å². The molecule has 2 atom stereocenters. The Labute approximate surface area is 294 Å². The lowest BCUT2D eigenvalue weighted by atomic mass is 9.99. The average molecular weight is 668 g/mol. The molecule has 0 bridgehead atoms. The Morgan fingerprint density at radius 2 is 1.44 bits per heavy atom. The van der Waals surface area contributed by atoms with Gasteiger partial charge < -0.3 is 16.0 Å². The maximum absolute atomic E-state index is 12.1. The summed E-state index contributed by atoms with van der Waals surface area (Å²) in [4.78, 5) is 22.6. The van der Waals surface area contributed by atoms with Crippen LogP contribution in [-0.4, -0.2) is 37.0 Å². The van der Waals surface area contributed by atoms with Crippen LogP contribution in [0.2, 0.25) is 0 Å². The molecule has 272 valence electrons. The Morgan fingerprint density at radius 1 is 0.854 bits per heavy atom. The van der Waals surface area contributed by atoms with Crippen molar-refractivity contribution in [2.75, 3.05) is 13.1 Å². The molecule has 5 nitrogen and oxygen atoms in total. The number of carbonyl (C=O) groups excluding carboxylic acids is 2. The lowest BCUT2D eigenvalue weighted by Crippen LogP contribution is -2.38. The van der Waals surface area contributed by atoms with Gasteiger partial charge in [0.15, 0.2) is 0 Å². The highest BCUT2D eigenvalue weighted by Gasteiger charge is 2.32. The second-order valence-corrected chi connectivity index (χ2v) is 13.3. The lowest BCUT2D eigenvalue weighted by Gasteiger charge is -2.23. The Kier molecular flexibility index (Phi) is 26.2. The molecule has 0 heterocycles. The summed E-state index contributed by atoms with van der Waals surface area (Å²) in [6.45, 7) is 22.3. The predicted octanol–water partition coefficient (Wildman–Crippen LogP) is 9.91. The third kappa shape index (κ3) is 23.4. The van der Waals surface area contributed by atoms with Gasteiger partial charge in [-0.15, -0.1) is 0 Å². The van der Waals surface area contributed by atoms with Crippen LogP contribution >= 0.6 is 0 Å². The van der Waals surface area contributed by atoms with E-state index in [0.29, 0.717) is 25.0 Å². The van der Waals surface area contributed by atoms with Crippen molar-refractivity contribution in [3.8, 4) is 0 Å². The van der Waals surface area contributed by atoms with Crippen LogP contribution in [0.15, 0.2) is 60.2 Å². The van der Waals surface area contributed by atoms with E-state index < -0.39 is 0 Å². The summed E-state index contributed by atoms with van der Waals surface area (Å²) in [7, 11) is 0. The minimum absolute atomic E-state index is 0.0685. The van der Waals surface area contributed by atoms with Crippen molar-refractivity contribution in [2.24, 2.45) is 11.8 Å². The molecule has 0 aliphatic heterocycles. The first-order chi connectivity index (χ1) is 22.9. The second-order valence-electron chi connectivity index (χ2n) is 13.3. The molecule has 1 aliphatic carbocycles. The van der Waals surface area contributed by atoms with Crippen molar-refractivity contribution in [2.45, 2.75) is 146 Å². The zero-order valence-electron chi connectivity index (χ0n) is 32.2. The fraction of sp³-hybridized carbons (Fsp3) is 0.619. The van der Waals surface area contributed by atoms with Crippen molar-refractivity contribution in [1.82, 2.24) is 16.0 Å². The Morgan fingerprint density at radius 3 is 1.90 bits per heavy atom. The van der Waals surface area contributed by atoms with Gasteiger partial charge in [-0.1, -0.05) is 115 Å². The first-order valence-corrected chi connectivity index (χ1v) is 18.7. The largest absolute Gasteiger partial charge is 0.355 e. The molecule has 1 aliphatic rings. The molecule has 3 rings (SSSR count). The quantitative estimate of drug-likeness (QED) is 0.123. The molecular formula is C42H70FN3O2. The Balaban J connectivity index is 0.000000697. The van der Waals surface area contributed by atoms with Crippen LogP contribution in [0.5, 0.6) is 0 Å². The van der Waals surface area contributed by atoms with Gasteiger partial charge >= 0.3 is 0 Å². The summed E-state index contributed by atoms with van der Waals surface area (Å²) < 4.78 is 12.1. The fourth-order valence-corrected chi connectivity index (χ4v) is 4.66. The number of aryl methyl sites for hydroxylation is 3. The van der Waals surface area contributed by atoms with Crippen molar-refractivity contribution in [3.05, 3.63) is 82.7 Å². The normalized spacial score (nSPS) is 13.5. The maximum atomic E-state index is 12.1. The highest BCUT2D eigenvalue weighted by atomic mass is 19.1. The van der Waals surface area contributed by atoms with Crippen LogP contribution in [0.3, 0.4) is 0 Å². The number of allylic oxidation sites excluding steroid dienone is 1. The molecule has 2 aromatic carbocycles. The van der Waals surface area contributed by atoms with Gasteiger partial charge in [-0.25, -0.2) is 4.39 Å². The van der Waals surface area contributed by atoms with E-state index in [2.05, 4.69) is 102 Å². The molecule has 0 spiro atoms. The van der Waals surface area contributed by atoms with Crippen LogP contribution in [0, 0.1) is 24.6 Å². The first kappa shape index (κ1) is 45.0. The summed E-state index contributed by atoms with van der Waals surface area (Å²) in [5, 5.41) is 9.14. The standard InChI is InChI=1S/C17H26N2O2.C13H25N.C7H7F.C5H12/c1-3-8-14-9-5-6-10-15(14)11-7-12-18-17(21)13-19-16(20)4-2;1-5-7-10(3)13(12-8-9-12)14-11(4)6-2;1-6-2-4-7(8)5-3-6;1-4-5(2)3/h5-6,9-10H,3-4,7-8,11-13H2,1-2H3,(H,18,21)(H,19,20);7,11-14H,5-6,8-9H2,1-4H3;2-5H,1H3;5H,4H2,1-3H3/b;10-7+;;. The van der Waals surface area contributed by atoms with E-state index in [4.69, 9.17) is 0 Å². The van der Waals surface area contributed by atoms with Gasteiger partial charge in [0, 0.05) is 25.0 Å². The molecule has 48 heavy (non-hydrogen) atoms. The lowest BCUT2D eigenvalue weighted by molar-refractivity contribution is -0.125. The minimum atomic E-state index is -0.171. The Bertz CT molecular complexity index is 1120.